The van der Waals surface area contributed by atoms with E-state index in [9.17, 15) is 0 Å². The van der Waals surface area contributed by atoms with Gasteiger partial charge in [0.2, 0.25) is 0 Å². The summed E-state index contributed by atoms with van der Waals surface area (Å²) < 4.78 is 0. The van der Waals surface area contributed by atoms with Crippen LogP contribution in [0.3, 0.4) is 0 Å². The van der Waals surface area contributed by atoms with Crippen LogP contribution in [-0.4, -0.2) is 16.5 Å². The molecule has 25 heavy (non-hydrogen) atoms. The zero-order valence-electron chi connectivity index (χ0n) is 16.5. The lowest BCUT2D eigenvalue weighted by atomic mass is 9.89. The summed E-state index contributed by atoms with van der Waals surface area (Å²) in [7, 11) is 0. The minimum atomic E-state index is -1.12. The molecule has 0 aliphatic heterocycles. The van der Waals surface area contributed by atoms with Gasteiger partial charge in [0.05, 0.1) is 0 Å². The lowest BCUT2D eigenvalue weighted by Gasteiger charge is -2.17. The van der Waals surface area contributed by atoms with Gasteiger partial charge in [-0.1, -0.05) is 70.1 Å². The van der Waals surface area contributed by atoms with E-state index in [1.54, 1.807) is 0 Å². The third-order valence-electron chi connectivity index (χ3n) is 5.84. The second-order valence-electron chi connectivity index (χ2n) is 7.98. The molecule has 0 bridgehead atoms. The first-order valence-corrected chi connectivity index (χ1v) is 10.8. The van der Waals surface area contributed by atoms with Gasteiger partial charge in [-0.15, -0.1) is 6.58 Å². The predicted octanol–water partition coefficient (Wildman–Crippen LogP) is 6.38. The highest BCUT2D eigenvalue weighted by Gasteiger charge is 2.24. The number of rotatable bonds is 15. The van der Waals surface area contributed by atoms with E-state index in [0.717, 1.165) is 24.7 Å². The van der Waals surface area contributed by atoms with E-state index in [4.69, 9.17) is 10.2 Å². The fourth-order valence-corrected chi connectivity index (χ4v) is 4.18. The molecule has 0 spiro atoms. The van der Waals surface area contributed by atoms with E-state index in [0.29, 0.717) is 12.3 Å². The third kappa shape index (κ3) is 10.9. The smallest absolute Gasteiger partial charge is 0.151 e. The number of unbranched alkanes of at least 4 members (excludes halogenated alkanes) is 5. The number of allylic oxidation sites excluding steroid dienone is 3. The molecule has 0 aromatic rings. The number of aliphatic hydroxyl groups excluding tert-OH is 1. The molecule has 3 atom stereocenters. The van der Waals surface area contributed by atoms with E-state index in [-0.39, 0.29) is 0 Å². The third-order valence-corrected chi connectivity index (χ3v) is 5.84. The van der Waals surface area contributed by atoms with Gasteiger partial charge in [0.15, 0.2) is 6.29 Å². The molecular weight excluding hydrogens is 308 g/mol. The van der Waals surface area contributed by atoms with Gasteiger partial charge in [0, 0.05) is 0 Å². The van der Waals surface area contributed by atoms with Crippen LogP contribution < -0.4 is 0 Å². The fourth-order valence-electron chi connectivity index (χ4n) is 4.18. The fraction of sp³-hybridized carbons (Fsp3) is 0.826. The Balaban J connectivity index is 2.19. The number of aliphatic hydroxyl groups is 2. The van der Waals surface area contributed by atoms with Crippen molar-refractivity contribution in [1.82, 2.24) is 0 Å². The van der Waals surface area contributed by atoms with Crippen LogP contribution in [0.1, 0.15) is 96.8 Å². The minimum Gasteiger partial charge on any atom is -0.368 e. The first-order valence-electron chi connectivity index (χ1n) is 10.8. The van der Waals surface area contributed by atoms with E-state index in [2.05, 4.69) is 31.7 Å². The molecule has 0 saturated heterocycles. The van der Waals surface area contributed by atoms with Crippen molar-refractivity contribution >= 4 is 0 Å². The summed E-state index contributed by atoms with van der Waals surface area (Å²) >= 11 is 0. The van der Waals surface area contributed by atoms with Crippen LogP contribution in [0.2, 0.25) is 0 Å². The molecule has 2 heteroatoms. The Morgan fingerprint density at radius 1 is 1.00 bits per heavy atom. The molecular formula is C23H42O2. The predicted molar refractivity (Wildman–Crippen MR) is 108 cm³/mol. The van der Waals surface area contributed by atoms with Gasteiger partial charge in [-0.3, -0.25) is 0 Å². The molecule has 1 aliphatic carbocycles. The van der Waals surface area contributed by atoms with Crippen LogP contribution in [-0.2, 0) is 0 Å². The molecule has 0 radical (unpaired) electrons. The largest absolute Gasteiger partial charge is 0.368 e. The second kappa shape index (κ2) is 14.6. The maximum atomic E-state index is 8.86. The number of hydrogen-bond donors (Lipinski definition) is 2. The van der Waals surface area contributed by atoms with Crippen molar-refractivity contribution in [2.24, 2.45) is 17.8 Å². The van der Waals surface area contributed by atoms with Crippen molar-refractivity contribution < 1.29 is 10.2 Å². The summed E-state index contributed by atoms with van der Waals surface area (Å²) in [5.74, 6) is 2.33. The molecule has 1 rings (SSSR count). The van der Waals surface area contributed by atoms with E-state index < -0.39 is 6.29 Å². The van der Waals surface area contributed by atoms with Gasteiger partial charge < -0.3 is 10.2 Å². The lowest BCUT2D eigenvalue weighted by molar-refractivity contribution is -0.0466. The molecule has 146 valence electrons. The van der Waals surface area contributed by atoms with Crippen LogP contribution in [0.5, 0.6) is 0 Å². The highest BCUT2D eigenvalue weighted by atomic mass is 16.5. The quantitative estimate of drug-likeness (QED) is 0.204. The standard InChI is InChI=1S/C23H42O2/c1-3-5-8-13-20(4-2)14-11-16-22-18-12-17-21(22)15-9-6-7-10-19-23(24)25/h4,11,16,20-25H,2-3,5-10,12-15,17-19H2,1H3/t20-,21+,22+/m1/s1. The Hall–Kier alpha value is -0.600. The van der Waals surface area contributed by atoms with Crippen LogP contribution in [0, 0.1) is 17.8 Å². The Labute approximate surface area is 156 Å². The van der Waals surface area contributed by atoms with E-state index in [1.165, 1.54) is 70.6 Å². The summed E-state index contributed by atoms with van der Waals surface area (Å²) in [6, 6.07) is 0. The molecule has 2 nitrogen and oxygen atoms in total. The molecule has 0 aromatic heterocycles. The second-order valence-corrected chi connectivity index (χ2v) is 7.98. The Bertz CT molecular complexity index is 348. The zero-order chi connectivity index (χ0) is 18.3. The summed E-state index contributed by atoms with van der Waals surface area (Å²) in [6.07, 6.45) is 23.0. The van der Waals surface area contributed by atoms with Gasteiger partial charge in [0.1, 0.15) is 0 Å². The zero-order valence-corrected chi connectivity index (χ0v) is 16.5. The van der Waals surface area contributed by atoms with Crippen LogP contribution >= 0.6 is 0 Å². The average Bonchev–Trinajstić information content (AvgIpc) is 3.04. The Morgan fingerprint density at radius 3 is 2.48 bits per heavy atom. The summed E-state index contributed by atoms with van der Waals surface area (Å²) in [5, 5.41) is 17.7. The molecule has 1 aliphatic rings. The van der Waals surface area contributed by atoms with Crippen molar-refractivity contribution in [3.8, 4) is 0 Å². The first-order chi connectivity index (χ1) is 12.2. The van der Waals surface area contributed by atoms with Crippen molar-refractivity contribution in [2.75, 3.05) is 0 Å². The van der Waals surface area contributed by atoms with E-state index >= 15 is 0 Å². The van der Waals surface area contributed by atoms with Crippen molar-refractivity contribution in [2.45, 2.75) is 103 Å². The molecule has 0 unspecified atom stereocenters. The molecule has 2 N–H and O–H groups in total. The van der Waals surface area contributed by atoms with Crippen LogP contribution in [0.25, 0.3) is 0 Å². The van der Waals surface area contributed by atoms with Gasteiger partial charge in [0.25, 0.3) is 0 Å². The summed E-state index contributed by atoms with van der Waals surface area (Å²) in [6.45, 7) is 6.28. The Kier molecular flexibility index (Phi) is 13.1. The molecule has 1 saturated carbocycles. The highest BCUT2D eigenvalue weighted by molar-refractivity contribution is 4.97. The monoisotopic (exact) mass is 350 g/mol. The first kappa shape index (κ1) is 22.4. The summed E-state index contributed by atoms with van der Waals surface area (Å²) in [4.78, 5) is 0. The van der Waals surface area contributed by atoms with Crippen molar-refractivity contribution in [1.29, 1.82) is 0 Å². The molecule has 0 heterocycles. The van der Waals surface area contributed by atoms with Gasteiger partial charge in [-0.2, -0.15) is 0 Å². The van der Waals surface area contributed by atoms with Gasteiger partial charge >= 0.3 is 0 Å². The molecule has 0 amide bonds. The molecule has 0 aromatic carbocycles. The maximum absolute atomic E-state index is 8.86. The van der Waals surface area contributed by atoms with Crippen LogP contribution in [0.4, 0.5) is 0 Å². The van der Waals surface area contributed by atoms with E-state index in [1.807, 2.05) is 0 Å². The normalized spacial score (nSPS) is 22.1. The van der Waals surface area contributed by atoms with Crippen molar-refractivity contribution in [3.05, 3.63) is 24.8 Å². The van der Waals surface area contributed by atoms with Crippen LogP contribution in [0.15, 0.2) is 24.8 Å². The average molecular weight is 351 g/mol. The summed E-state index contributed by atoms with van der Waals surface area (Å²) in [5.41, 5.74) is 0. The minimum absolute atomic E-state index is 0.525. The lowest BCUT2D eigenvalue weighted by Crippen LogP contribution is -2.06. The topological polar surface area (TPSA) is 40.5 Å². The van der Waals surface area contributed by atoms with Gasteiger partial charge in [-0.25, -0.2) is 0 Å². The molecule has 1 fully saturated rings. The van der Waals surface area contributed by atoms with Gasteiger partial charge in [-0.05, 0) is 62.7 Å². The highest BCUT2D eigenvalue weighted by Crippen LogP contribution is 2.36. The number of hydrogen-bond acceptors (Lipinski definition) is 2. The van der Waals surface area contributed by atoms with Crippen molar-refractivity contribution in [3.63, 3.8) is 0 Å². The maximum Gasteiger partial charge on any atom is 0.151 e. The SMILES string of the molecule is C=C[C@@H](CC=C[C@H]1CCC[C@@H]1CCCCCCC(O)O)CCCCC. The Morgan fingerprint density at radius 2 is 1.76 bits per heavy atom.